The molecule has 0 spiro atoms. The van der Waals surface area contributed by atoms with Crippen molar-refractivity contribution < 1.29 is 25.2 Å². The summed E-state index contributed by atoms with van der Waals surface area (Å²) < 4.78 is 55.9. The van der Waals surface area contributed by atoms with Crippen LogP contribution in [0, 0.1) is 17.3 Å². The van der Waals surface area contributed by atoms with E-state index >= 15 is 0 Å². The Morgan fingerprint density at radius 1 is 1.16 bits per heavy atom. The van der Waals surface area contributed by atoms with Crippen molar-refractivity contribution >= 4 is 20.6 Å². The highest BCUT2D eigenvalue weighted by Gasteiger charge is 2.59. The normalized spacial score (nSPS) is 35.0. The molecule has 5 atom stereocenters. The van der Waals surface area contributed by atoms with E-state index in [9.17, 15) is 16.8 Å². The van der Waals surface area contributed by atoms with Crippen LogP contribution in [0.1, 0.15) is 56.6 Å². The number of benzene rings is 1. The third kappa shape index (κ3) is 4.04. The standard InChI is InChI=1S/C21H30N2O6S2/c1-3-20-9-10-21(4-2)17-8-6-15(28-30(22,24)25)11-14(17)5-7-18(21)19(20)12-16(13-20)29-31(23,26)27/h4,6,8,11,16,18-19H,2-3,5,7,9-10,12-13H2,1H3,(H2,22,24,25)(H2,23,26,27)/t16-,18?,19?,20-,21-/m1/s1. The fraction of sp³-hybridized carbons (Fsp3) is 0.619. The average molecular weight is 471 g/mol. The van der Waals surface area contributed by atoms with Gasteiger partial charge in [-0.2, -0.15) is 22.0 Å². The SMILES string of the molecule is C=C[C@]12CC[C@]3(CC)C[C@H](OS(N)(=O)=O)CC3C1CCc1cc(OS(N)(=O)=O)ccc12. The molecule has 2 fully saturated rings. The molecule has 0 saturated heterocycles. The van der Waals surface area contributed by atoms with Crippen LogP contribution in [-0.4, -0.2) is 22.9 Å². The van der Waals surface area contributed by atoms with Crippen LogP contribution in [0.3, 0.4) is 0 Å². The molecule has 172 valence electrons. The molecule has 0 aliphatic heterocycles. The number of hydrogen-bond donors (Lipinski definition) is 2. The van der Waals surface area contributed by atoms with Gasteiger partial charge in [0.1, 0.15) is 5.75 Å². The first kappa shape index (κ1) is 22.7. The zero-order valence-corrected chi connectivity index (χ0v) is 19.3. The van der Waals surface area contributed by atoms with Crippen LogP contribution in [-0.2, 0) is 36.6 Å². The summed E-state index contributed by atoms with van der Waals surface area (Å²) in [5, 5.41) is 10.2. The molecule has 10 heteroatoms. The van der Waals surface area contributed by atoms with E-state index in [0.717, 1.165) is 43.2 Å². The smallest absolute Gasteiger partial charge is 0.371 e. The molecule has 8 nitrogen and oxygen atoms in total. The van der Waals surface area contributed by atoms with Crippen LogP contribution >= 0.6 is 0 Å². The minimum Gasteiger partial charge on any atom is -0.371 e. The lowest BCUT2D eigenvalue weighted by molar-refractivity contribution is 0.0117. The second-order valence-electron chi connectivity index (χ2n) is 9.26. The molecule has 4 rings (SSSR count). The lowest BCUT2D eigenvalue weighted by Crippen LogP contribution is -2.50. The summed E-state index contributed by atoms with van der Waals surface area (Å²) in [5.41, 5.74) is 1.95. The molecule has 2 unspecified atom stereocenters. The highest BCUT2D eigenvalue weighted by atomic mass is 32.2. The summed E-state index contributed by atoms with van der Waals surface area (Å²) in [6.45, 7) is 6.35. The van der Waals surface area contributed by atoms with Crippen LogP contribution in [0.15, 0.2) is 30.9 Å². The monoisotopic (exact) mass is 470 g/mol. The maximum Gasteiger partial charge on any atom is 0.380 e. The molecule has 3 aliphatic rings. The molecule has 0 aromatic heterocycles. The number of allylic oxidation sites excluding steroid dienone is 1. The Morgan fingerprint density at radius 2 is 1.90 bits per heavy atom. The fourth-order valence-corrected chi connectivity index (χ4v) is 7.73. The number of fused-ring (bicyclic) bond motifs is 5. The van der Waals surface area contributed by atoms with Crippen molar-refractivity contribution in [1.29, 1.82) is 0 Å². The van der Waals surface area contributed by atoms with Crippen molar-refractivity contribution in [2.75, 3.05) is 0 Å². The minimum atomic E-state index is -4.09. The molecular weight excluding hydrogens is 440 g/mol. The predicted molar refractivity (Wildman–Crippen MR) is 117 cm³/mol. The Hall–Kier alpha value is -1.46. The maximum atomic E-state index is 11.6. The third-order valence-corrected chi connectivity index (χ3v) is 8.94. The first-order chi connectivity index (χ1) is 14.4. The van der Waals surface area contributed by atoms with E-state index < -0.39 is 26.7 Å². The van der Waals surface area contributed by atoms with Gasteiger partial charge in [0, 0.05) is 5.41 Å². The van der Waals surface area contributed by atoms with Gasteiger partial charge in [0.15, 0.2) is 0 Å². The summed E-state index contributed by atoms with van der Waals surface area (Å²) in [4.78, 5) is 0. The quantitative estimate of drug-likeness (QED) is 0.612. The molecule has 1 aromatic carbocycles. The summed E-state index contributed by atoms with van der Waals surface area (Å²) in [6.07, 6.45) is 7.46. The highest BCUT2D eigenvalue weighted by molar-refractivity contribution is 7.84. The van der Waals surface area contributed by atoms with Gasteiger partial charge in [-0.25, -0.2) is 5.14 Å². The van der Waals surface area contributed by atoms with Crippen LogP contribution in [0.4, 0.5) is 0 Å². The number of aryl methyl sites for hydroxylation is 1. The highest BCUT2D eigenvalue weighted by Crippen LogP contribution is 2.65. The Bertz CT molecular complexity index is 1100. The van der Waals surface area contributed by atoms with Crippen molar-refractivity contribution in [2.24, 2.45) is 27.5 Å². The van der Waals surface area contributed by atoms with E-state index in [4.69, 9.17) is 18.6 Å². The van der Waals surface area contributed by atoms with E-state index in [1.807, 2.05) is 12.1 Å². The van der Waals surface area contributed by atoms with Gasteiger partial charge in [0.25, 0.3) is 0 Å². The fourth-order valence-electron chi connectivity index (χ4n) is 6.83. The average Bonchev–Trinajstić information content (AvgIpc) is 3.02. The lowest BCUT2D eigenvalue weighted by Gasteiger charge is -2.56. The summed E-state index contributed by atoms with van der Waals surface area (Å²) in [6, 6.07) is 5.32. The van der Waals surface area contributed by atoms with Crippen LogP contribution in [0.5, 0.6) is 5.75 Å². The molecule has 0 radical (unpaired) electrons. The van der Waals surface area contributed by atoms with Gasteiger partial charge >= 0.3 is 20.6 Å². The van der Waals surface area contributed by atoms with Gasteiger partial charge in [0.2, 0.25) is 0 Å². The molecule has 1 aromatic rings. The van der Waals surface area contributed by atoms with Gasteiger partial charge in [-0.05, 0) is 79.0 Å². The molecule has 31 heavy (non-hydrogen) atoms. The minimum absolute atomic E-state index is 0.0285. The summed E-state index contributed by atoms with van der Waals surface area (Å²) in [7, 11) is -8.08. The van der Waals surface area contributed by atoms with Crippen molar-refractivity contribution in [3.8, 4) is 5.75 Å². The number of rotatable bonds is 6. The van der Waals surface area contributed by atoms with E-state index in [-0.39, 0.29) is 16.6 Å². The summed E-state index contributed by atoms with van der Waals surface area (Å²) in [5.74, 6) is 0.801. The van der Waals surface area contributed by atoms with E-state index in [1.165, 1.54) is 0 Å². The molecular formula is C21H30N2O6S2. The predicted octanol–water partition coefficient (Wildman–Crippen LogP) is 2.44. The van der Waals surface area contributed by atoms with E-state index in [2.05, 4.69) is 13.5 Å². The van der Waals surface area contributed by atoms with E-state index in [1.54, 1.807) is 12.1 Å². The molecule has 2 saturated carbocycles. The van der Waals surface area contributed by atoms with Crippen molar-refractivity contribution in [1.82, 2.24) is 0 Å². The Balaban J connectivity index is 1.71. The second kappa shape index (κ2) is 7.55. The van der Waals surface area contributed by atoms with Crippen LogP contribution in [0.25, 0.3) is 0 Å². The Labute approximate surface area is 184 Å². The second-order valence-corrected chi connectivity index (χ2v) is 11.6. The summed E-state index contributed by atoms with van der Waals surface area (Å²) >= 11 is 0. The number of nitrogens with two attached hydrogens (primary N) is 2. The lowest BCUT2D eigenvalue weighted by atomic mass is 9.48. The van der Waals surface area contributed by atoms with E-state index in [0.29, 0.717) is 24.7 Å². The zero-order chi connectivity index (χ0) is 22.7. The van der Waals surface area contributed by atoms with Crippen LogP contribution in [0.2, 0.25) is 0 Å². The first-order valence-corrected chi connectivity index (χ1v) is 13.6. The third-order valence-electron chi connectivity index (χ3n) is 7.98. The van der Waals surface area contributed by atoms with Crippen molar-refractivity contribution in [2.45, 2.75) is 63.4 Å². The Kier molecular flexibility index (Phi) is 5.54. The topological polar surface area (TPSA) is 139 Å². The van der Waals surface area contributed by atoms with Crippen molar-refractivity contribution in [3.63, 3.8) is 0 Å². The van der Waals surface area contributed by atoms with Crippen LogP contribution < -0.4 is 14.5 Å². The zero-order valence-electron chi connectivity index (χ0n) is 17.6. The van der Waals surface area contributed by atoms with Gasteiger partial charge in [-0.1, -0.05) is 25.5 Å². The van der Waals surface area contributed by atoms with Gasteiger partial charge in [0.05, 0.1) is 6.10 Å². The molecule has 0 amide bonds. The molecule has 3 aliphatic carbocycles. The Morgan fingerprint density at radius 3 is 2.52 bits per heavy atom. The van der Waals surface area contributed by atoms with Gasteiger partial charge < -0.3 is 4.18 Å². The first-order valence-electron chi connectivity index (χ1n) is 10.6. The maximum absolute atomic E-state index is 11.6. The molecule has 0 bridgehead atoms. The van der Waals surface area contributed by atoms with Gasteiger partial charge in [-0.15, -0.1) is 6.58 Å². The van der Waals surface area contributed by atoms with Crippen molar-refractivity contribution in [3.05, 3.63) is 42.0 Å². The van der Waals surface area contributed by atoms with Gasteiger partial charge in [-0.3, -0.25) is 4.18 Å². The largest absolute Gasteiger partial charge is 0.380 e. The molecule has 0 heterocycles. The molecule has 4 N–H and O–H groups in total. The number of hydrogen-bond acceptors (Lipinski definition) is 6.